The van der Waals surface area contributed by atoms with Crippen LogP contribution in [0.3, 0.4) is 0 Å². The van der Waals surface area contributed by atoms with Gasteiger partial charge in [-0.05, 0) is 18.8 Å². The van der Waals surface area contributed by atoms with Gasteiger partial charge >= 0.3 is 0 Å². The Morgan fingerprint density at radius 1 is 1.40 bits per heavy atom. The van der Waals surface area contributed by atoms with Gasteiger partial charge in [-0.15, -0.1) is 0 Å². The zero-order valence-corrected chi connectivity index (χ0v) is 7.81. The van der Waals surface area contributed by atoms with Gasteiger partial charge in [-0.2, -0.15) is 0 Å². The Morgan fingerprint density at radius 3 is 2.20 bits per heavy atom. The highest BCUT2D eigenvalue weighted by molar-refractivity contribution is 5.64. The summed E-state index contributed by atoms with van der Waals surface area (Å²) in [7, 11) is 0. The molecule has 0 radical (unpaired) electrons. The molecule has 0 aromatic carbocycles. The van der Waals surface area contributed by atoms with Crippen LogP contribution in [0.25, 0.3) is 0 Å². The van der Waals surface area contributed by atoms with Crippen molar-refractivity contribution in [2.75, 3.05) is 0 Å². The maximum atomic E-state index is 4.39. The zero-order valence-electron chi connectivity index (χ0n) is 7.81. The first kappa shape index (κ1) is 9.67. The standard InChI is InChI=1S/C9H19N/c1-6-8(2)10-7-9(3,4)5/h7-8H,6H2,1-5H3. The average molecular weight is 141 g/mol. The first-order valence-corrected chi connectivity index (χ1v) is 4.00. The zero-order chi connectivity index (χ0) is 8.20. The Hall–Kier alpha value is -0.330. The summed E-state index contributed by atoms with van der Waals surface area (Å²) in [6.07, 6.45) is 3.17. The van der Waals surface area contributed by atoms with Gasteiger partial charge in [0.05, 0.1) is 0 Å². The number of nitrogens with zero attached hydrogens (tertiary/aromatic N) is 1. The second-order valence-corrected chi connectivity index (χ2v) is 3.90. The van der Waals surface area contributed by atoms with E-state index in [1.165, 1.54) is 0 Å². The highest BCUT2D eigenvalue weighted by Gasteiger charge is 2.05. The van der Waals surface area contributed by atoms with E-state index >= 15 is 0 Å². The first-order valence-electron chi connectivity index (χ1n) is 4.00. The highest BCUT2D eigenvalue weighted by Crippen LogP contribution is 2.09. The molecule has 0 aromatic heterocycles. The van der Waals surface area contributed by atoms with E-state index < -0.39 is 0 Å². The fourth-order valence-corrected chi connectivity index (χ4v) is 0.456. The van der Waals surface area contributed by atoms with Crippen LogP contribution >= 0.6 is 0 Å². The molecule has 0 amide bonds. The summed E-state index contributed by atoms with van der Waals surface area (Å²) in [6.45, 7) is 10.8. The number of aliphatic imine (C=N–C) groups is 1. The molecule has 0 saturated heterocycles. The molecular formula is C9H19N. The monoisotopic (exact) mass is 141 g/mol. The molecule has 1 atom stereocenters. The van der Waals surface area contributed by atoms with E-state index in [2.05, 4.69) is 39.6 Å². The van der Waals surface area contributed by atoms with Crippen LogP contribution in [0.4, 0.5) is 0 Å². The first-order chi connectivity index (χ1) is 4.45. The molecule has 0 bridgehead atoms. The van der Waals surface area contributed by atoms with E-state index in [1.807, 2.05) is 6.21 Å². The van der Waals surface area contributed by atoms with E-state index in [9.17, 15) is 0 Å². The van der Waals surface area contributed by atoms with Crippen molar-refractivity contribution in [3.63, 3.8) is 0 Å². The van der Waals surface area contributed by atoms with Gasteiger partial charge in [0.25, 0.3) is 0 Å². The third-order valence-electron chi connectivity index (χ3n) is 1.31. The largest absolute Gasteiger partial charge is 0.294 e. The lowest BCUT2D eigenvalue weighted by Crippen LogP contribution is -2.08. The quantitative estimate of drug-likeness (QED) is 0.524. The lowest BCUT2D eigenvalue weighted by molar-refractivity contribution is 0.594. The van der Waals surface area contributed by atoms with E-state index in [4.69, 9.17) is 0 Å². The average Bonchev–Trinajstić information content (AvgIpc) is 1.81. The summed E-state index contributed by atoms with van der Waals surface area (Å²) < 4.78 is 0. The fourth-order valence-electron chi connectivity index (χ4n) is 0.456. The summed E-state index contributed by atoms with van der Waals surface area (Å²) in [6, 6.07) is 0.485. The Bertz CT molecular complexity index is 108. The predicted molar refractivity (Wildman–Crippen MR) is 47.7 cm³/mol. The number of hydrogen-bond acceptors (Lipinski definition) is 1. The molecule has 0 aliphatic carbocycles. The maximum Gasteiger partial charge on any atom is 0.0465 e. The third kappa shape index (κ3) is 5.80. The van der Waals surface area contributed by atoms with E-state index in [0.29, 0.717) is 6.04 Å². The van der Waals surface area contributed by atoms with Crippen LogP contribution in [-0.4, -0.2) is 12.3 Å². The van der Waals surface area contributed by atoms with Crippen LogP contribution in [0.2, 0.25) is 0 Å². The molecule has 1 heteroatoms. The number of rotatable bonds is 2. The van der Waals surface area contributed by atoms with Gasteiger partial charge in [-0.25, -0.2) is 0 Å². The molecule has 0 saturated carbocycles. The molecule has 1 nitrogen and oxygen atoms in total. The van der Waals surface area contributed by atoms with Crippen molar-refractivity contribution in [1.29, 1.82) is 0 Å². The topological polar surface area (TPSA) is 12.4 Å². The van der Waals surface area contributed by atoms with Crippen molar-refractivity contribution in [2.45, 2.75) is 47.1 Å². The van der Waals surface area contributed by atoms with Crippen LogP contribution in [0.15, 0.2) is 4.99 Å². The fraction of sp³-hybridized carbons (Fsp3) is 0.889. The molecule has 0 N–H and O–H groups in total. The van der Waals surface area contributed by atoms with Crippen LogP contribution in [0.5, 0.6) is 0 Å². The lowest BCUT2D eigenvalue weighted by Gasteiger charge is -2.11. The molecule has 0 spiro atoms. The van der Waals surface area contributed by atoms with Crippen LogP contribution in [0.1, 0.15) is 41.0 Å². The smallest absolute Gasteiger partial charge is 0.0465 e. The molecule has 0 aromatic rings. The Morgan fingerprint density at radius 2 is 1.90 bits per heavy atom. The van der Waals surface area contributed by atoms with Crippen molar-refractivity contribution >= 4 is 6.21 Å². The summed E-state index contributed by atoms with van der Waals surface area (Å²) >= 11 is 0. The summed E-state index contributed by atoms with van der Waals surface area (Å²) in [4.78, 5) is 4.39. The van der Waals surface area contributed by atoms with Gasteiger partial charge in [0.2, 0.25) is 0 Å². The van der Waals surface area contributed by atoms with Crippen LogP contribution < -0.4 is 0 Å². The van der Waals surface area contributed by atoms with Crippen molar-refractivity contribution in [3.8, 4) is 0 Å². The predicted octanol–water partition coefficient (Wildman–Crippen LogP) is 2.90. The summed E-state index contributed by atoms with van der Waals surface area (Å²) in [5.74, 6) is 0. The van der Waals surface area contributed by atoms with Crippen LogP contribution in [0, 0.1) is 5.41 Å². The normalized spacial score (nSPS) is 16.1. The minimum atomic E-state index is 0.240. The highest BCUT2D eigenvalue weighted by atomic mass is 14.8. The molecule has 0 heterocycles. The second kappa shape index (κ2) is 3.75. The minimum Gasteiger partial charge on any atom is -0.294 e. The van der Waals surface area contributed by atoms with Crippen molar-refractivity contribution in [3.05, 3.63) is 0 Å². The van der Waals surface area contributed by atoms with Gasteiger partial charge in [0, 0.05) is 12.3 Å². The molecule has 10 heavy (non-hydrogen) atoms. The van der Waals surface area contributed by atoms with Crippen molar-refractivity contribution < 1.29 is 0 Å². The van der Waals surface area contributed by atoms with E-state index in [1.54, 1.807) is 0 Å². The van der Waals surface area contributed by atoms with E-state index in [0.717, 1.165) is 6.42 Å². The molecule has 1 unspecified atom stereocenters. The minimum absolute atomic E-state index is 0.240. The van der Waals surface area contributed by atoms with Gasteiger partial charge < -0.3 is 0 Å². The van der Waals surface area contributed by atoms with Gasteiger partial charge in [-0.1, -0.05) is 27.7 Å². The van der Waals surface area contributed by atoms with Gasteiger partial charge in [0.15, 0.2) is 0 Å². The SMILES string of the molecule is CCC(C)N=CC(C)(C)C. The van der Waals surface area contributed by atoms with E-state index in [-0.39, 0.29) is 5.41 Å². The number of hydrogen-bond donors (Lipinski definition) is 0. The molecule has 60 valence electrons. The van der Waals surface area contributed by atoms with Crippen molar-refractivity contribution in [2.24, 2.45) is 10.4 Å². The molecule has 0 fully saturated rings. The molecule has 0 aliphatic rings. The molecule has 0 aliphatic heterocycles. The van der Waals surface area contributed by atoms with Gasteiger partial charge in [0.1, 0.15) is 0 Å². The lowest BCUT2D eigenvalue weighted by atomic mass is 9.99. The van der Waals surface area contributed by atoms with Gasteiger partial charge in [-0.3, -0.25) is 4.99 Å². The maximum absolute atomic E-state index is 4.39. The van der Waals surface area contributed by atoms with Crippen molar-refractivity contribution in [1.82, 2.24) is 0 Å². The molecular weight excluding hydrogens is 122 g/mol. The summed E-state index contributed by atoms with van der Waals surface area (Å²) in [5, 5.41) is 0. The van der Waals surface area contributed by atoms with Crippen LogP contribution in [-0.2, 0) is 0 Å². The Kier molecular flexibility index (Phi) is 3.62. The Balaban J connectivity index is 3.75. The molecule has 0 rings (SSSR count). The Labute approximate surface area is 64.6 Å². The third-order valence-corrected chi connectivity index (χ3v) is 1.31. The second-order valence-electron chi connectivity index (χ2n) is 3.90. The summed E-state index contributed by atoms with van der Waals surface area (Å²) in [5.41, 5.74) is 0.240.